The molecule has 0 bridgehead atoms. The summed E-state index contributed by atoms with van der Waals surface area (Å²) < 4.78 is 0. The fourth-order valence-electron chi connectivity index (χ4n) is 2.95. The van der Waals surface area contributed by atoms with Crippen molar-refractivity contribution in [2.75, 3.05) is 5.32 Å². The molecule has 0 aromatic carbocycles. The highest BCUT2D eigenvalue weighted by Crippen LogP contribution is 2.35. The molecule has 21 heavy (non-hydrogen) atoms. The normalized spacial score (nSPS) is 17.8. The van der Waals surface area contributed by atoms with Crippen LogP contribution in [0.15, 0.2) is 12.4 Å². The highest BCUT2D eigenvalue weighted by molar-refractivity contribution is 7.18. The van der Waals surface area contributed by atoms with Gasteiger partial charge in [0.05, 0.1) is 5.39 Å². The molecule has 0 saturated heterocycles. The van der Waals surface area contributed by atoms with Crippen LogP contribution in [0.1, 0.15) is 43.9 Å². The Balaban J connectivity index is 1.99. The van der Waals surface area contributed by atoms with Gasteiger partial charge in [0.25, 0.3) is 0 Å². The predicted octanol–water partition coefficient (Wildman–Crippen LogP) is 3.45. The lowest BCUT2D eigenvalue weighted by molar-refractivity contribution is -0.143. The third-order valence-corrected chi connectivity index (χ3v) is 5.39. The molecule has 2 aromatic rings. The molecule has 1 saturated carbocycles. The summed E-state index contributed by atoms with van der Waals surface area (Å²) in [6.07, 6.45) is 6.75. The maximum atomic E-state index is 11.8. The van der Waals surface area contributed by atoms with Gasteiger partial charge in [0, 0.05) is 4.88 Å². The van der Waals surface area contributed by atoms with Gasteiger partial charge in [0.15, 0.2) is 0 Å². The Kier molecular flexibility index (Phi) is 3.80. The summed E-state index contributed by atoms with van der Waals surface area (Å²) in [5.41, 5.74) is -0.881. The Morgan fingerprint density at radius 2 is 2.14 bits per heavy atom. The summed E-state index contributed by atoms with van der Waals surface area (Å²) in [5.74, 6) is -0.125. The van der Waals surface area contributed by atoms with Crippen molar-refractivity contribution in [2.24, 2.45) is 0 Å². The molecule has 0 radical (unpaired) electrons. The van der Waals surface area contributed by atoms with Gasteiger partial charge >= 0.3 is 5.97 Å². The van der Waals surface area contributed by atoms with Crippen LogP contribution in [-0.2, 0) is 11.2 Å². The number of nitrogens with zero attached hydrogens (tertiary/aromatic N) is 2. The van der Waals surface area contributed by atoms with Gasteiger partial charge in [-0.2, -0.15) is 0 Å². The second-order valence-corrected chi connectivity index (χ2v) is 6.70. The van der Waals surface area contributed by atoms with Gasteiger partial charge in [-0.15, -0.1) is 11.3 Å². The lowest BCUT2D eigenvalue weighted by Gasteiger charge is -2.34. The van der Waals surface area contributed by atoms with E-state index in [1.54, 1.807) is 11.3 Å². The zero-order valence-corrected chi connectivity index (χ0v) is 12.9. The molecule has 5 nitrogen and oxygen atoms in total. The number of thiophene rings is 1. The van der Waals surface area contributed by atoms with E-state index in [0.29, 0.717) is 18.7 Å². The van der Waals surface area contributed by atoms with Crippen LogP contribution in [0.3, 0.4) is 0 Å². The zero-order valence-electron chi connectivity index (χ0n) is 12.1. The van der Waals surface area contributed by atoms with Crippen LogP contribution in [0.25, 0.3) is 10.2 Å². The molecule has 1 aliphatic rings. The van der Waals surface area contributed by atoms with Gasteiger partial charge in [-0.05, 0) is 25.3 Å². The minimum atomic E-state index is -0.881. The van der Waals surface area contributed by atoms with Crippen molar-refractivity contribution in [1.82, 2.24) is 9.97 Å². The van der Waals surface area contributed by atoms with Crippen LogP contribution >= 0.6 is 11.3 Å². The summed E-state index contributed by atoms with van der Waals surface area (Å²) in [6.45, 7) is 2.10. The largest absolute Gasteiger partial charge is 0.480 e. The van der Waals surface area contributed by atoms with Crippen LogP contribution in [0.4, 0.5) is 5.82 Å². The standard InChI is InChI=1S/C15H19N3O2S/c1-2-10-8-11-12(16-9-17-13(11)21-10)18-15(14(19)20)6-4-3-5-7-15/h8-9H,2-7H2,1H3,(H,19,20)(H,16,17,18). The lowest BCUT2D eigenvalue weighted by Crippen LogP contribution is -2.48. The average Bonchev–Trinajstić information content (AvgIpc) is 2.92. The van der Waals surface area contributed by atoms with Crippen molar-refractivity contribution in [1.29, 1.82) is 0 Å². The number of aryl methyl sites for hydroxylation is 1. The smallest absolute Gasteiger partial charge is 0.329 e. The van der Waals surface area contributed by atoms with Crippen molar-refractivity contribution in [3.8, 4) is 0 Å². The highest BCUT2D eigenvalue weighted by Gasteiger charge is 2.40. The van der Waals surface area contributed by atoms with E-state index >= 15 is 0 Å². The Morgan fingerprint density at radius 1 is 1.38 bits per heavy atom. The second kappa shape index (κ2) is 5.60. The maximum absolute atomic E-state index is 11.8. The second-order valence-electron chi connectivity index (χ2n) is 5.58. The molecule has 1 fully saturated rings. The Hall–Kier alpha value is -1.69. The average molecular weight is 305 g/mol. The lowest BCUT2D eigenvalue weighted by atomic mass is 9.81. The fraction of sp³-hybridized carbons (Fsp3) is 0.533. The summed E-state index contributed by atoms with van der Waals surface area (Å²) in [4.78, 5) is 22.5. The molecule has 2 aromatic heterocycles. The third kappa shape index (κ3) is 2.60. The van der Waals surface area contributed by atoms with E-state index in [1.807, 2.05) is 0 Å². The van der Waals surface area contributed by atoms with Gasteiger partial charge in [-0.3, -0.25) is 0 Å². The van der Waals surface area contributed by atoms with Gasteiger partial charge in [0.2, 0.25) is 0 Å². The number of carbonyl (C=O) groups is 1. The first-order valence-corrected chi connectivity index (χ1v) is 8.21. The first-order chi connectivity index (χ1) is 10.1. The number of carboxylic acid groups (broad SMARTS) is 1. The molecule has 2 heterocycles. The van der Waals surface area contributed by atoms with Crippen molar-refractivity contribution in [3.05, 3.63) is 17.3 Å². The van der Waals surface area contributed by atoms with Gasteiger partial charge < -0.3 is 10.4 Å². The number of aromatic nitrogens is 2. The van der Waals surface area contributed by atoms with E-state index in [2.05, 4.69) is 28.3 Å². The number of hydrogen-bond donors (Lipinski definition) is 2. The monoisotopic (exact) mass is 305 g/mol. The number of hydrogen-bond acceptors (Lipinski definition) is 5. The van der Waals surface area contributed by atoms with Crippen molar-refractivity contribution < 1.29 is 9.90 Å². The van der Waals surface area contributed by atoms with Crippen LogP contribution in [-0.4, -0.2) is 26.6 Å². The van der Waals surface area contributed by atoms with E-state index in [-0.39, 0.29) is 0 Å². The van der Waals surface area contributed by atoms with Gasteiger partial charge in [-0.1, -0.05) is 26.2 Å². The number of nitrogens with one attached hydrogen (secondary N) is 1. The van der Waals surface area contributed by atoms with Crippen molar-refractivity contribution >= 4 is 33.3 Å². The summed E-state index contributed by atoms with van der Waals surface area (Å²) in [6, 6.07) is 2.07. The Morgan fingerprint density at radius 3 is 2.81 bits per heavy atom. The molecule has 1 aliphatic carbocycles. The third-order valence-electron chi connectivity index (χ3n) is 4.20. The SMILES string of the molecule is CCc1cc2c(NC3(C(=O)O)CCCCC3)ncnc2s1. The van der Waals surface area contributed by atoms with E-state index < -0.39 is 11.5 Å². The number of rotatable bonds is 4. The fourth-order valence-corrected chi connectivity index (χ4v) is 3.89. The molecule has 0 atom stereocenters. The molecule has 0 aliphatic heterocycles. The Labute approximate surface area is 127 Å². The van der Waals surface area contributed by atoms with Crippen molar-refractivity contribution in [3.63, 3.8) is 0 Å². The first-order valence-electron chi connectivity index (χ1n) is 7.39. The quantitative estimate of drug-likeness (QED) is 0.905. The number of carboxylic acids is 1. The first kappa shape index (κ1) is 14.3. The topological polar surface area (TPSA) is 75.1 Å². The summed E-state index contributed by atoms with van der Waals surface area (Å²) in [7, 11) is 0. The van der Waals surface area contributed by atoms with E-state index in [4.69, 9.17) is 0 Å². The summed E-state index contributed by atoms with van der Waals surface area (Å²) in [5, 5.41) is 13.8. The number of fused-ring (bicyclic) bond motifs is 1. The van der Waals surface area contributed by atoms with Crippen LogP contribution in [0.2, 0.25) is 0 Å². The Bertz CT molecular complexity index is 662. The molecular formula is C15H19N3O2S. The number of anilines is 1. The van der Waals surface area contributed by atoms with Gasteiger partial charge in [-0.25, -0.2) is 14.8 Å². The molecule has 6 heteroatoms. The minimum absolute atomic E-state index is 0.651. The van der Waals surface area contributed by atoms with E-state index in [1.165, 1.54) is 11.2 Å². The molecule has 0 unspecified atom stereocenters. The van der Waals surface area contributed by atoms with Crippen LogP contribution < -0.4 is 5.32 Å². The molecule has 0 amide bonds. The van der Waals surface area contributed by atoms with E-state index in [0.717, 1.165) is 35.9 Å². The zero-order chi connectivity index (χ0) is 14.9. The molecule has 0 spiro atoms. The molecular weight excluding hydrogens is 286 g/mol. The predicted molar refractivity (Wildman–Crippen MR) is 83.9 cm³/mol. The molecule has 2 N–H and O–H groups in total. The minimum Gasteiger partial charge on any atom is -0.480 e. The number of aliphatic carboxylic acids is 1. The highest BCUT2D eigenvalue weighted by atomic mass is 32.1. The van der Waals surface area contributed by atoms with Gasteiger partial charge in [0.1, 0.15) is 22.5 Å². The maximum Gasteiger partial charge on any atom is 0.329 e. The van der Waals surface area contributed by atoms with E-state index in [9.17, 15) is 9.90 Å². The molecule has 3 rings (SSSR count). The van der Waals surface area contributed by atoms with Crippen LogP contribution in [0, 0.1) is 0 Å². The van der Waals surface area contributed by atoms with Crippen molar-refractivity contribution in [2.45, 2.75) is 51.0 Å². The van der Waals surface area contributed by atoms with Crippen LogP contribution in [0.5, 0.6) is 0 Å². The molecule has 112 valence electrons. The summed E-state index contributed by atoms with van der Waals surface area (Å²) >= 11 is 1.64.